The summed E-state index contributed by atoms with van der Waals surface area (Å²) < 4.78 is 6.52. The second-order valence-corrected chi connectivity index (χ2v) is 9.74. The van der Waals surface area contributed by atoms with E-state index in [0.29, 0.717) is 26.9 Å². The first kappa shape index (κ1) is 21.1. The molecule has 1 atom stereocenters. The van der Waals surface area contributed by atoms with Gasteiger partial charge in [0.15, 0.2) is 11.4 Å². The number of anilines is 1. The van der Waals surface area contributed by atoms with Crippen LogP contribution in [0.25, 0.3) is 0 Å². The molecule has 1 aromatic heterocycles. The molecule has 1 N–H and O–H groups in total. The number of hydrogen-bond donors (Lipinski definition) is 1. The molecule has 1 aliphatic rings. The van der Waals surface area contributed by atoms with Crippen molar-refractivity contribution in [2.24, 2.45) is 0 Å². The predicted octanol–water partition coefficient (Wildman–Crippen LogP) is 5.05. The number of fused-ring (bicyclic) bond motifs is 1. The fourth-order valence-corrected chi connectivity index (χ4v) is 4.92. The molecule has 30 heavy (non-hydrogen) atoms. The van der Waals surface area contributed by atoms with Gasteiger partial charge in [0.2, 0.25) is 0 Å². The van der Waals surface area contributed by atoms with Crippen molar-refractivity contribution in [3.63, 3.8) is 0 Å². The van der Waals surface area contributed by atoms with Crippen molar-refractivity contribution >= 4 is 56.2 Å². The Morgan fingerprint density at radius 2 is 1.87 bits per heavy atom. The molecule has 3 aromatic rings. The zero-order valence-corrected chi connectivity index (χ0v) is 18.8. The molecule has 0 fully saturated rings. The quantitative estimate of drug-likeness (QED) is 0.455. The van der Waals surface area contributed by atoms with Crippen molar-refractivity contribution < 1.29 is 19.4 Å². The third-order valence-electron chi connectivity index (χ3n) is 4.90. The van der Waals surface area contributed by atoms with Crippen LogP contribution in [0.1, 0.15) is 21.7 Å². The zero-order valence-electron chi connectivity index (χ0n) is 15.7. The summed E-state index contributed by atoms with van der Waals surface area (Å²) in [6, 6.07) is 17.4. The molecule has 2 heterocycles. The van der Waals surface area contributed by atoms with Gasteiger partial charge < -0.3 is 14.7 Å². The summed E-state index contributed by atoms with van der Waals surface area (Å²) in [6.07, 6.45) is -0.315. The number of halogens is 2. The normalized spacial score (nSPS) is 17.8. The molecule has 0 aliphatic carbocycles. The lowest BCUT2D eigenvalue weighted by atomic mass is 9.89. The lowest BCUT2D eigenvalue weighted by Gasteiger charge is -2.22. The van der Waals surface area contributed by atoms with Crippen molar-refractivity contribution in [2.75, 3.05) is 18.1 Å². The average Bonchev–Trinajstić information content (AvgIpc) is 3.26. The molecule has 1 aliphatic heterocycles. The Hall–Kier alpha value is -2.19. The van der Waals surface area contributed by atoms with Crippen molar-refractivity contribution in [3.8, 4) is 5.75 Å². The fourth-order valence-electron chi connectivity index (χ4n) is 3.47. The maximum absolute atomic E-state index is 13.2. The zero-order chi connectivity index (χ0) is 21.3. The third-order valence-corrected chi connectivity index (χ3v) is 6.82. The highest BCUT2D eigenvalue weighted by molar-refractivity contribution is 9.11. The van der Waals surface area contributed by atoms with Crippen molar-refractivity contribution in [1.82, 2.24) is 0 Å². The van der Waals surface area contributed by atoms with Gasteiger partial charge in [0, 0.05) is 10.6 Å². The number of carbonyl (C=O) groups is 2. The summed E-state index contributed by atoms with van der Waals surface area (Å²) in [4.78, 5) is 27.9. The topological polar surface area (TPSA) is 66.8 Å². The summed E-state index contributed by atoms with van der Waals surface area (Å²) in [5.41, 5.74) is -0.875. The largest absolute Gasteiger partial charge is 0.492 e. The van der Waals surface area contributed by atoms with Crippen LogP contribution >= 0.6 is 38.9 Å². The number of thiophene rings is 1. The van der Waals surface area contributed by atoms with E-state index in [1.54, 1.807) is 60.7 Å². The number of aliphatic hydroxyl groups is 1. The van der Waals surface area contributed by atoms with Crippen LogP contribution in [0, 0.1) is 0 Å². The Balaban J connectivity index is 1.52. The average molecular weight is 507 g/mol. The number of hydrogen-bond acceptors (Lipinski definition) is 5. The Kier molecular flexibility index (Phi) is 5.97. The van der Waals surface area contributed by atoms with Crippen LogP contribution in [-0.4, -0.2) is 29.9 Å². The van der Waals surface area contributed by atoms with Crippen LogP contribution in [0.4, 0.5) is 5.69 Å². The first-order valence-corrected chi connectivity index (χ1v) is 11.2. The van der Waals surface area contributed by atoms with Gasteiger partial charge in [0.05, 0.1) is 27.3 Å². The van der Waals surface area contributed by atoms with Gasteiger partial charge in [-0.3, -0.25) is 9.59 Å². The van der Waals surface area contributed by atoms with Crippen LogP contribution in [0.2, 0.25) is 5.02 Å². The van der Waals surface area contributed by atoms with Crippen LogP contribution in [-0.2, 0) is 10.4 Å². The van der Waals surface area contributed by atoms with E-state index in [4.69, 9.17) is 16.3 Å². The molecule has 2 aromatic carbocycles. The molecule has 8 heteroatoms. The van der Waals surface area contributed by atoms with Gasteiger partial charge in [-0.25, -0.2) is 0 Å². The van der Waals surface area contributed by atoms with Crippen molar-refractivity contribution in [3.05, 3.63) is 79.9 Å². The van der Waals surface area contributed by atoms with E-state index in [1.807, 2.05) is 0 Å². The van der Waals surface area contributed by atoms with E-state index in [0.717, 1.165) is 3.79 Å². The van der Waals surface area contributed by atoms with Gasteiger partial charge in [-0.1, -0.05) is 29.8 Å². The Labute approximate surface area is 191 Å². The van der Waals surface area contributed by atoms with E-state index in [2.05, 4.69) is 15.9 Å². The molecule has 0 spiro atoms. The Morgan fingerprint density at radius 3 is 2.57 bits per heavy atom. The van der Waals surface area contributed by atoms with Gasteiger partial charge >= 0.3 is 0 Å². The van der Waals surface area contributed by atoms with Gasteiger partial charge in [-0.15, -0.1) is 11.3 Å². The SMILES string of the molecule is O=C(CC1(O)C(=O)N(CCOc2ccc(Cl)cc2)c2ccccc21)c1ccc(Br)s1. The van der Waals surface area contributed by atoms with Gasteiger partial charge in [-0.2, -0.15) is 0 Å². The second kappa shape index (κ2) is 8.51. The van der Waals surface area contributed by atoms with E-state index in [-0.39, 0.29) is 25.4 Å². The molecule has 154 valence electrons. The third kappa shape index (κ3) is 4.03. The van der Waals surface area contributed by atoms with Crippen molar-refractivity contribution in [2.45, 2.75) is 12.0 Å². The van der Waals surface area contributed by atoms with Crippen molar-refractivity contribution in [1.29, 1.82) is 0 Å². The number of ketones is 1. The Morgan fingerprint density at radius 1 is 1.13 bits per heavy atom. The molecular weight excluding hydrogens is 490 g/mol. The molecular formula is C22H17BrClNO4S. The monoisotopic (exact) mass is 505 g/mol. The maximum Gasteiger partial charge on any atom is 0.264 e. The number of para-hydroxylation sites is 1. The number of Topliss-reactive ketones (excluding diaryl/α,β-unsaturated/α-hetero) is 1. The summed E-state index contributed by atoms with van der Waals surface area (Å²) in [5, 5.41) is 11.9. The summed E-state index contributed by atoms with van der Waals surface area (Å²) >= 11 is 10.5. The first-order valence-electron chi connectivity index (χ1n) is 9.19. The van der Waals surface area contributed by atoms with Crippen LogP contribution in [0.5, 0.6) is 5.75 Å². The van der Waals surface area contributed by atoms with Gasteiger partial charge in [0.1, 0.15) is 12.4 Å². The highest BCUT2D eigenvalue weighted by atomic mass is 79.9. The van der Waals surface area contributed by atoms with E-state index < -0.39 is 11.5 Å². The lowest BCUT2D eigenvalue weighted by Crippen LogP contribution is -2.43. The second-order valence-electron chi connectivity index (χ2n) is 6.84. The summed E-state index contributed by atoms with van der Waals surface area (Å²) in [7, 11) is 0. The molecule has 0 bridgehead atoms. The van der Waals surface area contributed by atoms with E-state index in [1.165, 1.54) is 16.2 Å². The van der Waals surface area contributed by atoms with E-state index >= 15 is 0 Å². The molecule has 5 nitrogen and oxygen atoms in total. The lowest BCUT2D eigenvalue weighted by molar-refractivity contribution is -0.135. The molecule has 1 unspecified atom stereocenters. The standard InChI is InChI=1S/C22H17BrClNO4S/c23-20-10-9-19(30-20)18(26)13-22(28)16-3-1-2-4-17(16)25(21(22)27)11-12-29-15-7-5-14(24)6-8-15/h1-10,28H,11-13H2. The van der Waals surface area contributed by atoms with Crippen LogP contribution in [0.3, 0.4) is 0 Å². The van der Waals surface area contributed by atoms with Crippen LogP contribution < -0.4 is 9.64 Å². The molecule has 0 saturated heterocycles. The minimum Gasteiger partial charge on any atom is -0.492 e. The first-order chi connectivity index (χ1) is 14.4. The highest BCUT2D eigenvalue weighted by Crippen LogP contribution is 2.43. The van der Waals surface area contributed by atoms with Gasteiger partial charge in [-0.05, 0) is 58.4 Å². The minimum absolute atomic E-state index is 0.226. The van der Waals surface area contributed by atoms with Crippen LogP contribution in [0.15, 0.2) is 64.5 Å². The molecule has 0 saturated carbocycles. The predicted molar refractivity (Wildman–Crippen MR) is 121 cm³/mol. The summed E-state index contributed by atoms with van der Waals surface area (Å²) in [6.45, 7) is 0.461. The number of amides is 1. The van der Waals surface area contributed by atoms with E-state index in [9.17, 15) is 14.7 Å². The maximum atomic E-state index is 13.2. The number of rotatable bonds is 7. The Bertz CT molecular complexity index is 1100. The minimum atomic E-state index is -1.90. The molecule has 0 radical (unpaired) electrons. The number of benzene rings is 2. The summed E-state index contributed by atoms with van der Waals surface area (Å²) in [5.74, 6) is -0.170. The number of ether oxygens (including phenoxy) is 1. The van der Waals surface area contributed by atoms with Gasteiger partial charge in [0.25, 0.3) is 5.91 Å². The molecule has 1 amide bonds. The highest BCUT2D eigenvalue weighted by Gasteiger charge is 2.50. The number of carbonyl (C=O) groups excluding carboxylic acids is 2. The molecule has 4 rings (SSSR count). The smallest absolute Gasteiger partial charge is 0.264 e. The fraction of sp³-hybridized carbons (Fsp3) is 0.182. The number of nitrogens with zero attached hydrogens (tertiary/aromatic N) is 1.